The lowest BCUT2D eigenvalue weighted by atomic mass is 9.84. The zero-order valence-electron chi connectivity index (χ0n) is 23.4. The second-order valence-corrected chi connectivity index (χ2v) is 10.9. The maximum absolute atomic E-state index is 2.40. The van der Waals surface area contributed by atoms with Gasteiger partial charge in [0.05, 0.1) is 0 Å². The summed E-state index contributed by atoms with van der Waals surface area (Å²) >= 11 is 0. The van der Waals surface area contributed by atoms with Gasteiger partial charge in [0, 0.05) is 11.8 Å². The molecule has 40 heavy (non-hydrogen) atoms. The average Bonchev–Trinajstić information content (AvgIpc) is 3.04. The van der Waals surface area contributed by atoms with E-state index in [1.165, 1.54) is 55.3 Å². The summed E-state index contributed by atoms with van der Waals surface area (Å²) in [4.78, 5) is 0. The van der Waals surface area contributed by atoms with Gasteiger partial charge in [0.15, 0.2) is 0 Å². The molecule has 0 heterocycles. The van der Waals surface area contributed by atoms with Crippen LogP contribution in [-0.4, -0.2) is 0 Å². The van der Waals surface area contributed by atoms with E-state index >= 15 is 0 Å². The van der Waals surface area contributed by atoms with Crippen molar-refractivity contribution < 1.29 is 0 Å². The van der Waals surface area contributed by atoms with E-state index in [9.17, 15) is 0 Å². The van der Waals surface area contributed by atoms with E-state index in [0.717, 1.165) is 12.8 Å². The van der Waals surface area contributed by atoms with Crippen molar-refractivity contribution in [3.05, 3.63) is 168 Å². The topological polar surface area (TPSA) is 0 Å². The normalized spacial score (nSPS) is 12.8. The third kappa shape index (κ3) is 5.36. The predicted molar refractivity (Wildman–Crippen MR) is 172 cm³/mol. The molecule has 6 aromatic rings. The molecule has 0 radical (unpaired) electrons. The van der Waals surface area contributed by atoms with Crippen molar-refractivity contribution in [1.82, 2.24) is 0 Å². The monoisotopic (exact) mass is 516 g/mol. The molecule has 0 nitrogen and oxygen atoms in total. The molecule has 0 heteroatoms. The Morgan fingerprint density at radius 3 is 1.75 bits per heavy atom. The van der Waals surface area contributed by atoms with Crippen molar-refractivity contribution in [2.45, 2.75) is 38.5 Å². The quantitative estimate of drug-likeness (QED) is 0.189. The van der Waals surface area contributed by atoms with Gasteiger partial charge < -0.3 is 0 Å². The molecule has 0 spiro atoms. The van der Waals surface area contributed by atoms with Crippen LogP contribution in [0.2, 0.25) is 0 Å². The molecule has 0 amide bonds. The summed E-state index contributed by atoms with van der Waals surface area (Å²) in [7, 11) is 0. The molecule has 6 aromatic carbocycles. The Balaban J connectivity index is 1.41. The van der Waals surface area contributed by atoms with E-state index in [4.69, 9.17) is 0 Å². The lowest BCUT2D eigenvalue weighted by Crippen LogP contribution is -2.01. The maximum atomic E-state index is 2.40. The minimum atomic E-state index is 0.291. The lowest BCUT2D eigenvalue weighted by Gasteiger charge is -2.20. The Morgan fingerprint density at radius 2 is 1.05 bits per heavy atom. The van der Waals surface area contributed by atoms with Gasteiger partial charge in [-0.3, -0.25) is 0 Å². The number of rotatable bonds is 8. The molecule has 0 aliphatic heterocycles. The van der Waals surface area contributed by atoms with Crippen molar-refractivity contribution in [3.8, 4) is 22.3 Å². The minimum Gasteiger partial charge on any atom is -0.0653 e. The fourth-order valence-corrected chi connectivity index (χ4v) is 6.05. The second-order valence-electron chi connectivity index (χ2n) is 10.9. The van der Waals surface area contributed by atoms with Gasteiger partial charge in [0.1, 0.15) is 0 Å². The average molecular weight is 517 g/mol. The summed E-state index contributed by atoms with van der Waals surface area (Å²) < 4.78 is 0. The Hall–Kier alpha value is -4.42. The van der Waals surface area contributed by atoms with Gasteiger partial charge in [0.2, 0.25) is 0 Å². The Kier molecular flexibility index (Phi) is 7.60. The highest BCUT2D eigenvalue weighted by Crippen LogP contribution is 2.38. The summed E-state index contributed by atoms with van der Waals surface area (Å²) in [6.07, 6.45) is 2.32. The molecule has 0 aliphatic rings. The molecule has 6 rings (SSSR count). The van der Waals surface area contributed by atoms with Crippen LogP contribution in [0.25, 0.3) is 33.0 Å². The van der Waals surface area contributed by atoms with E-state index in [-0.39, 0.29) is 0 Å². The van der Waals surface area contributed by atoms with Crippen LogP contribution in [0.3, 0.4) is 0 Å². The third-order valence-electron chi connectivity index (χ3n) is 8.31. The molecule has 0 fully saturated rings. The fraction of sp³-hybridized carbons (Fsp3) is 0.150. The van der Waals surface area contributed by atoms with E-state index in [1.807, 2.05) is 0 Å². The molecule has 196 valence electrons. The number of fused-ring (bicyclic) bond motifs is 1. The van der Waals surface area contributed by atoms with Crippen molar-refractivity contribution in [3.63, 3.8) is 0 Å². The van der Waals surface area contributed by atoms with Gasteiger partial charge in [-0.2, -0.15) is 0 Å². The van der Waals surface area contributed by atoms with Gasteiger partial charge >= 0.3 is 0 Å². The molecule has 0 saturated heterocycles. The molecule has 2 unspecified atom stereocenters. The van der Waals surface area contributed by atoms with E-state index in [1.54, 1.807) is 0 Å². The van der Waals surface area contributed by atoms with Crippen LogP contribution in [0.15, 0.2) is 146 Å². The largest absolute Gasteiger partial charge is 0.0653 e. The highest BCUT2D eigenvalue weighted by Gasteiger charge is 2.17. The number of hydrogen-bond acceptors (Lipinski definition) is 0. The molecule has 0 aromatic heterocycles. The van der Waals surface area contributed by atoms with Crippen molar-refractivity contribution in [2.24, 2.45) is 0 Å². The highest BCUT2D eigenvalue weighted by atomic mass is 14.2. The van der Waals surface area contributed by atoms with Gasteiger partial charge in [-0.25, -0.2) is 0 Å². The van der Waals surface area contributed by atoms with Crippen molar-refractivity contribution >= 4 is 10.8 Å². The number of hydrogen-bond donors (Lipinski definition) is 0. The zero-order valence-corrected chi connectivity index (χ0v) is 23.4. The van der Waals surface area contributed by atoms with Gasteiger partial charge in [-0.05, 0) is 73.8 Å². The standard InChI is InChI=1S/C40H36/c1-3-12-39(33-16-8-5-9-17-33)34-22-19-32(20-23-34)36-25-26-38(29(2)30-13-6-4-7-14-30)40(28-36)37-24-21-31-15-10-11-18-35(31)27-37/h4-11,13-29,39H,3,12H2,1-2H3. The lowest BCUT2D eigenvalue weighted by molar-refractivity contribution is 0.698. The van der Waals surface area contributed by atoms with E-state index in [0.29, 0.717) is 11.8 Å². The highest BCUT2D eigenvalue weighted by molar-refractivity contribution is 5.89. The summed E-state index contributed by atoms with van der Waals surface area (Å²) in [5.74, 6) is 0.724. The second kappa shape index (κ2) is 11.8. The molecule has 0 bridgehead atoms. The first-order valence-electron chi connectivity index (χ1n) is 14.5. The molecular weight excluding hydrogens is 480 g/mol. The zero-order chi connectivity index (χ0) is 27.3. The first kappa shape index (κ1) is 25.8. The summed E-state index contributed by atoms with van der Waals surface area (Å²) in [6.45, 7) is 4.59. The van der Waals surface area contributed by atoms with Gasteiger partial charge in [-0.15, -0.1) is 0 Å². The van der Waals surface area contributed by atoms with Gasteiger partial charge in [0.25, 0.3) is 0 Å². The van der Waals surface area contributed by atoms with Crippen LogP contribution in [-0.2, 0) is 0 Å². The first-order chi connectivity index (χ1) is 19.7. The Morgan fingerprint density at radius 1 is 0.475 bits per heavy atom. The third-order valence-corrected chi connectivity index (χ3v) is 8.31. The minimum absolute atomic E-state index is 0.291. The maximum Gasteiger partial charge on any atom is 0.00892 e. The van der Waals surface area contributed by atoms with E-state index in [2.05, 4.69) is 159 Å². The molecule has 0 aliphatic carbocycles. The smallest absolute Gasteiger partial charge is 0.00892 e. The Bertz CT molecular complexity index is 1700. The molecule has 0 N–H and O–H groups in total. The van der Waals surface area contributed by atoms with Gasteiger partial charge in [-0.1, -0.05) is 154 Å². The predicted octanol–water partition coefficient (Wildman–Crippen LogP) is 11.3. The fourth-order valence-electron chi connectivity index (χ4n) is 6.05. The van der Waals surface area contributed by atoms with Crippen LogP contribution in [0.1, 0.15) is 60.8 Å². The summed E-state index contributed by atoms with van der Waals surface area (Å²) in [5, 5.41) is 2.55. The SMILES string of the molecule is CCCC(c1ccccc1)c1ccc(-c2ccc(C(C)c3ccccc3)c(-c3ccc4ccccc4c3)c2)cc1. The van der Waals surface area contributed by atoms with Crippen LogP contribution in [0.5, 0.6) is 0 Å². The van der Waals surface area contributed by atoms with Crippen LogP contribution in [0.4, 0.5) is 0 Å². The van der Waals surface area contributed by atoms with Crippen molar-refractivity contribution in [1.29, 1.82) is 0 Å². The Labute approximate surface area is 239 Å². The summed E-state index contributed by atoms with van der Waals surface area (Å²) in [5.41, 5.74) is 10.6. The first-order valence-corrected chi connectivity index (χ1v) is 14.5. The van der Waals surface area contributed by atoms with E-state index < -0.39 is 0 Å². The van der Waals surface area contributed by atoms with Crippen LogP contribution < -0.4 is 0 Å². The molecule has 0 saturated carbocycles. The van der Waals surface area contributed by atoms with Crippen LogP contribution >= 0.6 is 0 Å². The molecule has 2 atom stereocenters. The number of benzene rings is 6. The van der Waals surface area contributed by atoms with Crippen LogP contribution in [0, 0.1) is 0 Å². The summed E-state index contributed by atoms with van der Waals surface area (Å²) in [6, 6.07) is 53.6. The van der Waals surface area contributed by atoms with Crippen molar-refractivity contribution in [2.75, 3.05) is 0 Å². The molecular formula is C40H36.